The topological polar surface area (TPSA) is 77.2 Å². The van der Waals surface area contributed by atoms with Crippen LogP contribution in [0.4, 0.5) is 5.69 Å². The number of nitrogens with zero attached hydrogens (tertiary/aromatic N) is 4. The van der Waals surface area contributed by atoms with E-state index in [4.69, 9.17) is 0 Å². The number of amides is 1. The number of aryl methyl sites for hydroxylation is 1. The van der Waals surface area contributed by atoms with Crippen LogP contribution in [0.3, 0.4) is 0 Å². The van der Waals surface area contributed by atoms with Gasteiger partial charge in [-0.25, -0.2) is 4.98 Å². The van der Waals surface area contributed by atoms with E-state index in [0.29, 0.717) is 25.2 Å². The number of hydrogen-bond donors (Lipinski definition) is 2. The summed E-state index contributed by atoms with van der Waals surface area (Å²) in [6, 6.07) is 20.1. The van der Waals surface area contributed by atoms with Gasteiger partial charge in [0.2, 0.25) is 0 Å². The Morgan fingerprint density at radius 2 is 1.46 bits per heavy atom. The van der Waals surface area contributed by atoms with E-state index in [1.807, 2.05) is 54.9 Å². The molecule has 4 rings (SSSR count). The van der Waals surface area contributed by atoms with Crippen LogP contribution in [0.15, 0.2) is 79.3 Å². The first kappa shape index (κ1) is 28.2. The van der Waals surface area contributed by atoms with Gasteiger partial charge in [-0.2, -0.15) is 0 Å². The maximum absolute atomic E-state index is 12.9. The molecule has 4 aromatic rings. The summed E-state index contributed by atoms with van der Waals surface area (Å²) in [5.74, 6) is 0.804. The highest BCUT2D eigenvalue weighted by molar-refractivity contribution is 6.04. The van der Waals surface area contributed by atoms with E-state index in [-0.39, 0.29) is 5.91 Å². The molecule has 7 heteroatoms. The summed E-state index contributed by atoms with van der Waals surface area (Å²) in [5.41, 5.74) is 6.05. The average Bonchev–Trinajstić information content (AvgIpc) is 3.45. The molecular formula is C32H40N6O. The van der Waals surface area contributed by atoms with Crippen LogP contribution in [0, 0.1) is 6.92 Å². The minimum Gasteiger partial charge on any atom is -0.348 e. The highest BCUT2D eigenvalue weighted by Crippen LogP contribution is 2.17. The summed E-state index contributed by atoms with van der Waals surface area (Å²) < 4.78 is 0. The molecule has 204 valence electrons. The minimum absolute atomic E-state index is 0.107. The Bertz CT molecular complexity index is 1280. The first-order valence-electron chi connectivity index (χ1n) is 13.9. The third kappa shape index (κ3) is 8.60. The number of rotatable bonds is 14. The fourth-order valence-electron chi connectivity index (χ4n) is 4.74. The lowest BCUT2D eigenvalue weighted by molar-refractivity contribution is 0.102. The molecule has 0 saturated carbocycles. The van der Waals surface area contributed by atoms with Gasteiger partial charge >= 0.3 is 0 Å². The van der Waals surface area contributed by atoms with Crippen LogP contribution >= 0.6 is 0 Å². The van der Waals surface area contributed by atoms with Crippen molar-refractivity contribution >= 4 is 11.6 Å². The fourth-order valence-corrected chi connectivity index (χ4v) is 4.74. The Morgan fingerprint density at radius 1 is 0.795 bits per heavy atom. The van der Waals surface area contributed by atoms with Gasteiger partial charge in [0, 0.05) is 49.5 Å². The van der Waals surface area contributed by atoms with Gasteiger partial charge in [-0.3, -0.25) is 19.6 Å². The van der Waals surface area contributed by atoms with Crippen molar-refractivity contribution < 1.29 is 4.79 Å². The van der Waals surface area contributed by atoms with Gasteiger partial charge in [0.05, 0.1) is 12.2 Å². The molecule has 2 N–H and O–H groups in total. The number of hydrogen-bond acceptors (Lipinski definition) is 5. The molecule has 1 amide bonds. The van der Waals surface area contributed by atoms with Crippen molar-refractivity contribution in [2.24, 2.45) is 0 Å². The maximum Gasteiger partial charge on any atom is 0.255 e. The number of aromatic nitrogens is 3. The van der Waals surface area contributed by atoms with Crippen LogP contribution < -0.4 is 5.32 Å². The molecule has 0 spiro atoms. The van der Waals surface area contributed by atoms with E-state index in [0.717, 1.165) is 55.2 Å². The summed E-state index contributed by atoms with van der Waals surface area (Å²) in [7, 11) is 0. The summed E-state index contributed by atoms with van der Waals surface area (Å²) >= 11 is 0. The normalized spacial score (nSPS) is 11.3. The van der Waals surface area contributed by atoms with Crippen LogP contribution in [-0.4, -0.2) is 43.7 Å². The van der Waals surface area contributed by atoms with Gasteiger partial charge in [0.25, 0.3) is 5.91 Å². The summed E-state index contributed by atoms with van der Waals surface area (Å²) in [6.07, 6.45) is 7.75. The average molecular weight is 525 g/mol. The largest absolute Gasteiger partial charge is 0.348 e. The quantitative estimate of drug-likeness (QED) is 0.206. The second-order valence-electron chi connectivity index (χ2n) is 10.1. The standard InChI is InChI=1S/C32H40N6O/c1-4-19-37(20-5-2)21-27-10-14-29(15-11-27)36-32(39)28-12-8-26(9-13-28)22-38(24-31-34-17-18-35-31)23-30-25(3)7-6-16-33-30/h6-18H,4-5,19-24H2,1-3H3,(H,34,35)(H,36,39). The number of anilines is 1. The van der Waals surface area contributed by atoms with Crippen LogP contribution in [-0.2, 0) is 26.2 Å². The Morgan fingerprint density at radius 3 is 2.08 bits per heavy atom. The molecule has 0 radical (unpaired) electrons. The molecule has 2 aromatic heterocycles. The van der Waals surface area contributed by atoms with Crippen molar-refractivity contribution in [2.75, 3.05) is 18.4 Å². The van der Waals surface area contributed by atoms with Crippen molar-refractivity contribution in [2.45, 2.75) is 59.8 Å². The number of carbonyl (C=O) groups excluding carboxylic acids is 1. The summed E-state index contributed by atoms with van der Waals surface area (Å²) in [5, 5.41) is 3.03. The number of H-pyrrole nitrogens is 1. The van der Waals surface area contributed by atoms with Crippen molar-refractivity contribution in [3.8, 4) is 0 Å². The zero-order valence-electron chi connectivity index (χ0n) is 23.4. The molecule has 0 saturated heterocycles. The number of carbonyl (C=O) groups is 1. The molecular weight excluding hydrogens is 484 g/mol. The van der Waals surface area contributed by atoms with E-state index in [9.17, 15) is 4.79 Å². The predicted molar refractivity (Wildman–Crippen MR) is 157 cm³/mol. The zero-order chi connectivity index (χ0) is 27.5. The predicted octanol–water partition coefficient (Wildman–Crippen LogP) is 6.19. The SMILES string of the molecule is CCCN(CCC)Cc1ccc(NC(=O)c2ccc(CN(Cc3ncc[nH]3)Cc3ncccc3C)cc2)cc1. The molecule has 0 aliphatic heterocycles. The van der Waals surface area contributed by atoms with Gasteiger partial charge in [0.15, 0.2) is 0 Å². The number of aromatic amines is 1. The number of nitrogens with one attached hydrogen (secondary N) is 2. The van der Waals surface area contributed by atoms with Crippen LogP contribution in [0.25, 0.3) is 0 Å². The van der Waals surface area contributed by atoms with E-state index < -0.39 is 0 Å². The fraction of sp³-hybridized carbons (Fsp3) is 0.344. The monoisotopic (exact) mass is 524 g/mol. The van der Waals surface area contributed by atoms with E-state index in [2.05, 4.69) is 69.0 Å². The van der Waals surface area contributed by atoms with Crippen LogP contribution in [0.5, 0.6) is 0 Å². The number of benzene rings is 2. The van der Waals surface area contributed by atoms with E-state index in [1.165, 1.54) is 11.1 Å². The molecule has 39 heavy (non-hydrogen) atoms. The third-order valence-corrected chi connectivity index (χ3v) is 6.74. The zero-order valence-corrected chi connectivity index (χ0v) is 23.4. The highest BCUT2D eigenvalue weighted by Gasteiger charge is 2.13. The van der Waals surface area contributed by atoms with Crippen molar-refractivity contribution in [3.63, 3.8) is 0 Å². The first-order chi connectivity index (χ1) is 19.0. The molecule has 0 aliphatic carbocycles. The third-order valence-electron chi connectivity index (χ3n) is 6.74. The Hall–Kier alpha value is -3.81. The van der Waals surface area contributed by atoms with E-state index >= 15 is 0 Å². The number of pyridine rings is 1. The van der Waals surface area contributed by atoms with Crippen molar-refractivity contribution in [1.82, 2.24) is 24.8 Å². The molecule has 2 heterocycles. The molecule has 0 atom stereocenters. The lowest BCUT2D eigenvalue weighted by atomic mass is 10.1. The van der Waals surface area contributed by atoms with Gasteiger partial charge < -0.3 is 10.3 Å². The molecule has 2 aromatic carbocycles. The van der Waals surface area contributed by atoms with Crippen LogP contribution in [0.1, 0.15) is 65.3 Å². The van der Waals surface area contributed by atoms with Crippen molar-refractivity contribution in [3.05, 3.63) is 113 Å². The Kier molecular flexibility index (Phi) is 10.4. The smallest absolute Gasteiger partial charge is 0.255 e. The van der Waals surface area contributed by atoms with Crippen molar-refractivity contribution in [1.29, 1.82) is 0 Å². The lowest BCUT2D eigenvalue weighted by Gasteiger charge is -2.22. The Balaban J connectivity index is 1.36. The van der Waals surface area contributed by atoms with Gasteiger partial charge in [-0.05, 0) is 79.9 Å². The van der Waals surface area contributed by atoms with Gasteiger partial charge in [0.1, 0.15) is 5.82 Å². The minimum atomic E-state index is -0.107. The molecule has 0 bridgehead atoms. The lowest BCUT2D eigenvalue weighted by Crippen LogP contribution is -2.24. The van der Waals surface area contributed by atoms with E-state index in [1.54, 1.807) is 6.20 Å². The number of imidazole rings is 1. The highest BCUT2D eigenvalue weighted by atomic mass is 16.1. The molecule has 7 nitrogen and oxygen atoms in total. The first-order valence-corrected chi connectivity index (χ1v) is 13.9. The maximum atomic E-state index is 12.9. The van der Waals surface area contributed by atoms with Crippen LogP contribution in [0.2, 0.25) is 0 Å². The summed E-state index contributed by atoms with van der Waals surface area (Å²) in [6.45, 7) is 11.8. The summed E-state index contributed by atoms with van der Waals surface area (Å²) in [4.78, 5) is 29.9. The second kappa shape index (κ2) is 14.4. The van der Waals surface area contributed by atoms with Gasteiger partial charge in [-0.1, -0.05) is 44.2 Å². The molecule has 0 unspecified atom stereocenters. The molecule has 0 fully saturated rings. The second-order valence-corrected chi connectivity index (χ2v) is 10.1. The Labute approximate surface area is 232 Å². The van der Waals surface area contributed by atoms with Gasteiger partial charge in [-0.15, -0.1) is 0 Å². The molecule has 0 aliphatic rings.